The molecule has 2 aromatic carbocycles. The van der Waals surface area contributed by atoms with Crippen LogP contribution in [0.25, 0.3) is 5.57 Å². The number of carbonyl (C=O) groups excluding carboxylic acids is 1. The van der Waals surface area contributed by atoms with Gasteiger partial charge in [0.1, 0.15) is 17.9 Å². The van der Waals surface area contributed by atoms with Gasteiger partial charge in [0.25, 0.3) is 11.5 Å². The fourth-order valence-electron chi connectivity index (χ4n) is 3.59. The Morgan fingerprint density at radius 2 is 1.89 bits per heavy atom. The van der Waals surface area contributed by atoms with Gasteiger partial charge >= 0.3 is 0 Å². The molecule has 28 heavy (non-hydrogen) atoms. The third kappa shape index (κ3) is 2.51. The predicted molar refractivity (Wildman–Crippen MR) is 110 cm³/mol. The first kappa shape index (κ1) is 16.9. The van der Waals surface area contributed by atoms with Crippen LogP contribution in [0.4, 0.5) is 11.4 Å². The Labute approximate surface area is 165 Å². The van der Waals surface area contributed by atoms with Gasteiger partial charge in [-0.1, -0.05) is 35.6 Å². The van der Waals surface area contributed by atoms with Crippen molar-refractivity contribution in [1.82, 2.24) is 4.57 Å². The maximum atomic E-state index is 13.1. The molecule has 0 atom stereocenters. The summed E-state index contributed by atoms with van der Waals surface area (Å²) in [7, 11) is 0. The molecule has 2 aliphatic heterocycles. The molecule has 0 saturated carbocycles. The summed E-state index contributed by atoms with van der Waals surface area (Å²) in [5.74, 6) is -0.233. The molecular weight excluding hydrogens is 372 g/mol. The number of nitrogens with one attached hydrogen (secondary N) is 1. The van der Waals surface area contributed by atoms with Crippen LogP contribution in [-0.4, -0.2) is 17.1 Å². The minimum absolute atomic E-state index is 0.167. The molecule has 3 heterocycles. The molecule has 1 amide bonds. The third-order valence-electron chi connectivity index (χ3n) is 5.31. The zero-order chi connectivity index (χ0) is 19.4. The topological polar surface area (TPSA) is 66.7 Å². The second-order valence-electron chi connectivity index (χ2n) is 7.07. The molecule has 3 aromatic rings. The highest BCUT2D eigenvalue weighted by molar-refractivity contribution is 7.07. The van der Waals surface area contributed by atoms with Crippen LogP contribution in [0.1, 0.15) is 16.7 Å². The van der Waals surface area contributed by atoms with Crippen molar-refractivity contribution < 1.29 is 4.79 Å². The van der Waals surface area contributed by atoms with Crippen LogP contribution < -0.4 is 25.1 Å². The number of anilines is 2. The van der Waals surface area contributed by atoms with Crippen LogP contribution in [0.2, 0.25) is 0 Å². The number of carbonyl (C=O) groups is 1. The standard InChI is InChI=1S/C21H18N4O2S/c1-12-7-8-14(9-13(12)2)24-10-22-21-25(11-24)20(27)18(28-21)17-15-5-3-4-6-16(15)23-19(17)26/h3-9H,10-11H2,1-2H3,(H,23,26). The molecule has 140 valence electrons. The molecule has 0 spiro atoms. The fraction of sp³-hybridized carbons (Fsp3) is 0.190. The van der Waals surface area contributed by atoms with E-state index in [4.69, 9.17) is 0 Å². The Kier molecular flexibility index (Phi) is 3.73. The van der Waals surface area contributed by atoms with Crippen molar-refractivity contribution in [2.24, 2.45) is 4.99 Å². The van der Waals surface area contributed by atoms with Crippen molar-refractivity contribution in [2.75, 3.05) is 16.9 Å². The number of benzene rings is 2. The molecule has 1 aromatic heterocycles. The predicted octanol–water partition coefficient (Wildman–Crippen LogP) is 1.73. The lowest BCUT2D eigenvalue weighted by Crippen LogP contribution is -2.43. The first-order valence-electron chi connectivity index (χ1n) is 9.04. The second-order valence-corrected chi connectivity index (χ2v) is 8.05. The van der Waals surface area contributed by atoms with Crippen molar-refractivity contribution in [3.63, 3.8) is 0 Å². The van der Waals surface area contributed by atoms with Gasteiger partial charge < -0.3 is 10.2 Å². The monoisotopic (exact) mass is 390 g/mol. The van der Waals surface area contributed by atoms with Crippen LogP contribution in [0.15, 0.2) is 52.3 Å². The average molecular weight is 390 g/mol. The molecule has 2 aliphatic rings. The molecule has 0 bridgehead atoms. The number of hydrogen-bond donors (Lipinski definition) is 1. The number of nitrogens with zero attached hydrogens (tertiary/aromatic N) is 3. The Morgan fingerprint density at radius 3 is 2.71 bits per heavy atom. The summed E-state index contributed by atoms with van der Waals surface area (Å²) in [6.07, 6.45) is 0. The SMILES string of the molecule is Cc1ccc(N2CN=c3sc(=C4C(=O)Nc5ccccc54)c(=O)n3C2)cc1C. The van der Waals surface area contributed by atoms with E-state index in [9.17, 15) is 9.59 Å². The van der Waals surface area contributed by atoms with Crippen LogP contribution in [0.5, 0.6) is 0 Å². The van der Waals surface area contributed by atoms with E-state index in [2.05, 4.69) is 47.3 Å². The van der Waals surface area contributed by atoms with Crippen LogP contribution in [0.3, 0.4) is 0 Å². The highest BCUT2D eigenvalue weighted by Gasteiger charge is 2.27. The van der Waals surface area contributed by atoms with Gasteiger partial charge in [-0.3, -0.25) is 14.2 Å². The largest absolute Gasteiger partial charge is 0.334 e. The summed E-state index contributed by atoms with van der Waals surface area (Å²) in [6.45, 7) is 5.06. The van der Waals surface area contributed by atoms with E-state index in [1.165, 1.54) is 22.5 Å². The van der Waals surface area contributed by atoms with Gasteiger partial charge in [-0.25, -0.2) is 4.99 Å². The van der Waals surface area contributed by atoms with Crippen LogP contribution >= 0.6 is 11.3 Å². The van der Waals surface area contributed by atoms with Crippen LogP contribution in [0, 0.1) is 13.8 Å². The molecule has 0 aliphatic carbocycles. The van der Waals surface area contributed by atoms with Gasteiger partial charge in [-0.2, -0.15) is 0 Å². The number of aromatic nitrogens is 1. The van der Waals surface area contributed by atoms with Gasteiger partial charge in [0.15, 0.2) is 4.80 Å². The number of rotatable bonds is 1. The normalized spacial score (nSPS) is 17.1. The first-order valence-corrected chi connectivity index (χ1v) is 9.86. The Hall–Kier alpha value is -3.19. The zero-order valence-electron chi connectivity index (χ0n) is 15.5. The zero-order valence-corrected chi connectivity index (χ0v) is 16.3. The highest BCUT2D eigenvalue weighted by atomic mass is 32.1. The lowest BCUT2D eigenvalue weighted by molar-refractivity contribution is -0.110. The van der Waals surface area contributed by atoms with Gasteiger partial charge in [-0.15, -0.1) is 0 Å². The summed E-state index contributed by atoms with van der Waals surface area (Å²) < 4.78 is 2.10. The summed E-state index contributed by atoms with van der Waals surface area (Å²) in [6, 6.07) is 13.7. The highest BCUT2D eigenvalue weighted by Crippen LogP contribution is 2.29. The van der Waals surface area contributed by atoms with E-state index in [0.717, 1.165) is 16.9 Å². The number of para-hydroxylation sites is 1. The van der Waals surface area contributed by atoms with E-state index in [0.29, 0.717) is 28.2 Å². The summed E-state index contributed by atoms with van der Waals surface area (Å²) in [5, 5.41) is 2.84. The number of aryl methyl sites for hydroxylation is 2. The fourth-order valence-corrected chi connectivity index (χ4v) is 4.65. The minimum Gasteiger partial charge on any atom is -0.334 e. The van der Waals surface area contributed by atoms with Gasteiger partial charge in [-0.05, 0) is 43.2 Å². The average Bonchev–Trinajstić information content (AvgIpc) is 3.19. The Morgan fingerprint density at radius 1 is 1.07 bits per heavy atom. The van der Waals surface area contributed by atoms with E-state index >= 15 is 0 Å². The van der Waals surface area contributed by atoms with Crippen molar-refractivity contribution in [3.05, 3.63) is 78.8 Å². The van der Waals surface area contributed by atoms with Crippen molar-refractivity contribution in [3.8, 4) is 0 Å². The minimum atomic E-state index is -0.233. The molecule has 6 nitrogen and oxygen atoms in total. The van der Waals surface area contributed by atoms with Crippen LogP contribution in [-0.2, 0) is 11.5 Å². The molecule has 1 N–H and O–H groups in total. The van der Waals surface area contributed by atoms with Gasteiger partial charge in [0, 0.05) is 16.9 Å². The molecule has 7 heteroatoms. The number of thiazole rings is 1. The molecule has 0 saturated heterocycles. The number of fused-ring (bicyclic) bond motifs is 2. The second kappa shape index (κ2) is 6.17. The molecule has 0 fully saturated rings. The summed E-state index contributed by atoms with van der Waals surface area (Å²) >= 11 is 1.29. The molecular formula is C21H18N4O2S. The first-order chi connectivity index (χ1) is 13.5. The van der Waals surface area contributed by atoms with E-state index in [-0.39, 0.29) is 11.5 Å². The molecule has 5 rings (SSSR count). The van der Waals surface area contributed by atoms with E-state index < -0.39 is 0 Å². The Bertz CT molecular complexity index is 1320. The van der Waals surface area contributed by atoms with Gasteiger partial charge in [0.2, 0.25) is 0 Å². The molecule has 0 unspecified atom stereocenters. The van der Waals surface area contributed by atoms with Gasteiger partial charge in [0.05, 0.1) is 5.57 Å². The summed E-state index contributed by atoms with van der Waals surface area (Å²) in [5.41, 5.74) is 5.27. The molecule has 0 radical (unpaired) electrons. The van der Waals surface area contributed by atoms with Crippen molar-refractivity contribution >= 4 is 34.2 Å². The lowest BCUT2D eigenvalue weighted by Gasteiger charge is -2.26. The number of hydrogen-bond acceptors (Lipinski definition) is 5. The Balaban J connectivity index is 1.63. The third-order valence-corrected chi connectivity index (χ3v) is 6.42. The number of amides is 1. The van der Waals surface area contributed by atoms with Crippen molar-refractivity contribution in [2.45, 2.75) is 20.5 Å². The smallest absolute Gasteiger partial charge is 0.272 e. The van der Waals surface area contributed by atoms with Crippen molar-refractivity contribution in [1.29, 1.82) is 0 Å². The van der Waals surface area contributed by atoms with E-state index in [1.807, 2.05) is 24.3 Å². The summed E-state index contributed by atoms with van der Waals surface area (Å²) in [4.78, 5) is 33.0. The van der Waals surface area contributed by atoms with E-state index in [1.54, 1.807) is 4.57 Å². The maximum absolute atomic E-state index is 13.1. The maximum Gasteiger partial charge on any atom is 0.272 e. The quantitative estimate of drug-likeness (QED) is 0.688. The lowest BCUT2D eigenvalue weighted by atomic mass is 10.1.